The van der Waals surface area contributed by atoms with Crippen molar-refractivity contribution in [1.29, 1.82) is 0 Å². The van der Waals surface area contributed by atoms with Crippen LogP contribution >= 0.6 is 11.6 Å². The van der Waals surface area contributed by atoms with Gasteiger partial charge in [-0.1, -0.05) is 13.3 Å². The highest BCUT2D eigenvalue weighted by Crippen LogP contribution is 2.10. The maximum atomic E-state index is 5.80. The van der Waals surface area contributed by atoms with E-state index in [1.165, 1.54) is 12.8 Å². The van der Waals surface area contributed by atoms with Crippen LogP contribution in [0.2, 0.25) is 0 Å². The predicted molar refractivity (Wildman–Crippen MR) is 73.4 cm³/mol. The zero-order valence-electron chi connectivity index (χ0n) is 10.7. The molecular formula is C13H24ClN3. The Kier molecular flexibility index (Phi) is 8.10. The van der Waals surface area contributed by atoms with Gasteiger partial charge in [-0.15, -0.1) is 11.6 Å². The normalized spacial score (nSPS) is 12.8. The van der Waals surface area contributed by atoms with Gasteiger partial charge in [-0.2, -0.15) is 0 Å². The molecule has 17 heavy (non-hydrogen) atoms. The van der Waals surface area contributed by atoms with Gasteiger partial charge in [0.2, 0.25) is 0 Å². The highest BCUT2D eigenvalue weighted by molar-refractivity contribution is 6.17. The molecule has 0 aromatic carbocycles. The van der Waals surface area contributed by atoms with E-state index in [1.807, 2.05) is 18.7 Å². The number of nitrogens with one attached hydrogen (secondary N) is 1. The Morgan fingerprint density at radius 3 is 2.94 bits per heavy atom. The number of halogens is 1. The van der Waals surface area contributed by atoms with Crippen molar-refractivity contribution in [2.24, 2.45) is 5.92 Å². The molecule has 0 spiro atoms. The lowest BCUT2D eigenvalue weighted by atomic mass is 10.0. The molecule has 1 N–H and O–H groups in total. The number of alkyl halides is 1. The molecule has 0 aliphatic heterocycles. The van der Waals surface area contributed by atoms with Gasteiger partial charge < -0.3 is 9.88 Å². The molecule has 1 aromatic heterocycles. The quantitative estimate of drug-likeness (QED) is 0.516. The number of hydrogen-bond donors (Lipinski definition) is 1. The topological polar surface area (TPSA) is 29.9 Å². The van der Waals surface area contributed by atoms with Gasteiger partial charge in [0, 0.05) is 24.8 Å². The first-order valence-corrected chi connectivity index (χ1v) is 7.12. The van der Waals surface area contributed by atoms with E-state index in [2.05, 4.69) is 21.8 Å². The van der Waals surface area contributed by atoms with Crippen LogP contribution in [-0.4, -0.2) is 28.5 Å². The molecule has 1 heterocycles. The van der Waals surface area contributed by atoms with Crippen molar-refractivity contribution in [2.45, 2.75) is 39.2 Å². The molecule has 0 aliphatic rings. The fourth-order valence-electron chi connectivity index (χ4n) is 2.02. The molecule has 1 rings (SSSR count). The predicted octanol–water partition coefficient (Wildman–Crippen LogP) is 2.91. The van der Waals surface area contributed by atoms with Gasteiger partial charge in [-0.05, 0) is 38.3 Å². The highest BCUT2D eigenvalue weighted by atomic mass is 35.5. The fraction of sp³-hybridized carbons (Fsp3) is 0.769. The Morgan fingerprint density at radius 2 is 2.29 bits per heavy atom. The molecule has 1 aromatic rings. The summed E-state index contributed by atoms with van der Waals surface area (Å²) in [6, 6.07) is 0. The number of aryl methyl sites for hydroxylation is 1. The minimum atomic E-state index is 0.741. The van der Waals surface area contributed by atoms with E-state index in [0.717, 1.165) is 44.3 Å². The molecule has 98 valence electrons. The van der Waals surface area contributed by atoms with Crippen LogP contribution in [0.15, 0.2) is 18.7 Å². The third kappa shape index (κ3) is 6.69. The first-order chi connectivity index (χ1) is 8.36. The second-order valence-electron chi connectivity index (χ2n) is 4.49. The summed E-state index contributed by atoms with van der Waals surface area (Å²) in [7, 11) is 0. The molecule has 0 saturated heterocycles. The first-order valence-electron chi connectivity index (χ1n) is 6.59. The summed E-state index contributed by atoms with van der Waals surface area (Å²) < 4.78 is 2.12. The number of hydrogen-bond acceptors (Lipinski definition) is 2. The smallest absolute Gasteiger partial charge is 0.0945 e. The largest absolute Gasteiger partial charge is 0.337 e. The van der Waals surface area contributed by atoms with Gasteiger partial charge in [-0.25, -0.2) is 4.98 Å². The van der Waals surface area contributed by atoms with Gasteiger partial charge in [0.1, 0.15) is 0 Å². The maximum absolute atomic E-state index is 5.80. The SMILES string of the molecule is CCCC(CCCl)CNCCCn1ccnc1. The lowest BCUT2D eigenvalue weighted by molar-refractivity contribution is 0.425. The molecule has 0 radical (unpaired) electrons. The van der Waals surface area contributed by atoms with Crippen LogP contribution in [0.1, 0.15) is 32.6 Å². The molecular weight excluding hydrogens is 234 g/mol. The van der Waals surface area contributed by atoms with Gasteiger partial charge >= 0.3 is 0 Å². The minimum Gasteiger partial charge on any atom is -0.337 e. The van der Waals surface area contributed by atoms with E-state index in [9.17, 15) is 0 Å². The van der Waals surface area contributed by atoms with Gasteiger partial charge in [0.25, 0.3) is 0 Å². The summed E-state index contributed by atoms with van der Waals surface area (Å²) >= 11 is 5.80. The lowest BCUT2D eigenvalue weighted by Crippen LogP contribution is -2.24. The van der Waals surface area contributed by atoms with Crippen molar-refractivity contribution >= 4 is 11.6 Å². The van der Waals surface area contributed by atoms with Crippen LogP contribution in [-0.2, 0) is 6.54 Å². The fourth-order valence-corrected chi connectivity index (χ4v) is 2.33. The zero-order chi connectivity index (χ0) is 12.3. The van der Waals surface area contributed by atoms with Gasteiger partial charge in [-0.3, -0.25) is 0 Å². The van der Waals surface area contributed by atoms with E-state index in [4.69, 9.17) is 11.6 Å². The summed E-state index contributed by atoms with van der Waals surface area (Å²) in [5, 5.41) is 3.53. The molecule has 1 atom stereocenters. The summed E-state index contributed by atoms with van der Waals surface area (Å²) in [6.07, 6.45) is 10.5. The van der Waals surface area contributed by atoms with Crippen molar-refractivity contribution < 1.29 is 0 Å². The summed E-state index contributed by atoms with van der Waals surface area (Å²) in [4.78, 5) is 4.03. The Hall–Kier alpha value is -0.540. The lowest BCUT2D eigenvalue weighted by Gasteiger charge is -2.15. The van der Waals surface area contributed by atoms with E-state index in [0.29, 0.717) is 0 Å². The minimum absolute atomic E-state index is 0.741. The standard InChI is InChI=1S/C13H24ClN3/c1-2-4-13(5-6-14)11-15-7-3-9-17-10-8-16-12-17/h8,10,12-13,15H,2-7,9,11H2,1H3. The van der Waals surface area contributed by atoms with E-state index in [-0.39, 0.29) is 0 Å². The average molecular weight is 258 g/mol. The third-order valence-corrected chi connectivity index (χ3v) is 3.19. The van der Waals surface area contributed by atoms with Gasteiger partial charge in [0.15, 0.2) is 0 Å². The maximum Gasteiger partial charge on any atom is 0.0945 e. The number of aromatic nitrogens is 2. The van der Waals surface area contributed by atoms with Crippen molar-refractivity contribution in [1.82, 2.24) is 14.9 Å². The van der Waals surface area contributed by atoms with E-state index in [1.54, 1.807) is 0 Å². The van der Waals surface area contributed by atoms with Crippen molar-refractivity contribution in [3.63, 3.8) is 0 Å². The molecule has 0 bridgehead atoms. The Labute approximate surface area is 110 Å². The number of nitrogens with zero attached hydrogens (tertiary/aromatic N) is 2. The van der Waals surface area contributed by atoms with Gasteiger partial charge in [0.05, 0.1) is 6.33 Å². The van der Waals surface area contributed by atoms with E-state index < -0.39 is 0 Å². The molecule has 0 fully saturated rings. The van der Waals surface area contributed by atoms with Crippen molar-refractivity contribution in [3.05, 3.63) is 18.7 Å². The Morgan fingerprint density at radius 1 is 1.41 bits per heavy atom. The number of rotatable bonds is 10. The summed E-state index contributed by atoms with van der Waals surface area (Å²) in [5.74, 6) is 1.52. The van der Waals surface area contributed by atoms with E-state index >= 15 is 0 Å². The van der Waals surface area contributed by atoms with Crippen LogP contribution in [0, 0.1) is 5.92 Å². The Bertz CT molecular complexity index is 256. The van der Waals surface area contributed by atoms with Crippen molar-refractivity contribution in [2.75, 3.05) is 19.0 Å². The second kappa shape index (κ2) is 9.49. The molecule has 0 aliphatic carbocycles. The summed E-state index contributed by atoms with van der Waals surface area (Å²) in [6.45, 7) is 5.45. The Balaban J connectivity index is 2.01. The first kappa shape index (κ1) is 14.5. The van der Waals surface area contributed by atoms with Crippen LogP contribution in [0.3, 0.4) is 0 Å². The zero-order valence-corrected chi connectivity index (χ0v) is 11.5. The molecule has 0 saturated carbocycles. The highest BCUT2D eigenvalue weighted by Gasteiger charge is 2.05. The number of imidazole rings is 1. The van der Waals surface area contributed by atoms with Crippen LogP contribution in [0.4, 0.5) is 0 Å². The van der Waals surface area contributed by atoms with Crippen LogP contribution in [0.5, 0.6) is 0 Å². The van der Waals surface area contributed by atoms with Crippen LogP contribution in [0.25, 0.3) is 0 Å². The molecule has 1 unspecified atom stereocenters. The molecule has 4 heteroatoms. The van der Waals surface area contributed by atoms with Crippen LogP contribution < -0.4 is 5.32 Å². The molecule has 0 amide bonds. The second-order valence-corrected chi connectivity index (χ2v) is 4.87. The summed E-state index contributed by atoms with van der Waals surface area (Å²) in [5.41, 5.74) is 0. The van der Waals surface area contributed by atoms with Crippen molar-refractivity contribution in [3.8, 4) is 0 Å². The average Bonchev–Trinajstić information content (AvgIpc) is 2.82. The third-order valence-electron chi connectivity index (χ3n) is 2.98. The monoisotopic (exact) mass is 257 g/mol. The molecule has 3 nitrogen and oxygen atoms in total.